The number of ether oxygens (including phenoxy) is 1. The molecule has 0 atom stereocenters. The Morgan fingerprint density at radius 3 is 2.50 bits per heavy atom. The molecule has 0 fully saturated rings. The van der Waals surface area contributed by atoms with Crippen LogP contribution in [-0.2, 0) is 10.0 Å². The van der Waals surface area contributed by atoms with Crippen LogP contribution in [0.25, 0.3) is 0 Å². The first-order valence-corrected chi connectivity index (χ1v) is 10.8. The van der Waals surface area contributed by atoms with Gasteiger partial charge in [-0.3, -0.25) is 9.10 Å². The molecular weight excluding hydrogens is 400 g/mol. The molecule has 0 aliphatic heterocycles. The fraction of sp³-hybridized carbons (Fsp3) is 0.250. The third-order valence-electron chi connectivity index (χ3n) is 3.91. The highest BCUT2D eigenvalue weighted by atomic mass is 35.5. The number of rotatable bonds is 9. The van der Waals surface area contributed by atoms with Crippen molar-refractivity contribution in [1.82, 2.24) is 5.32 Å². The molecule has 0 bridgehead atoms. The monoisotopic (exact) mass is 422 g/mol. The number of sulfonamides is 1. The minimum atomic E-state index is -3.43. The molecule has 2 aromatic rings. The number of anilines is 1. The maximum Gasteiger partial charge on any atom is 0.251 e. The maximum absolute atomic E-state index is 12.2. The van der Waals surface area contributed by atoms with Crippen molar-refractivity contribution < 1.29 is 17.9 Å². The Morgan fingerprint density at radius 2 is 1.93 bits per heavy atom. The van der Waals surface area contributed by atoms with Gasteiger partial charge >= 0.3 is 0 Å². The zero-order chi connectivity index (χ0) is 20.7. The van der Waals surface area contributed by atoms with E-state index in [1.54, 1.807) is 30.3 Å². The first kappa shape index (κ1) is 21.8. The number of halogens is 1. The highest BCUT2D eigenvalue weighted by molar-refractivity contribution is 7.92. The number of carbonyl (C=O) groups excluding carboxylic acids is 1. The van der Waals surface area contributed by atoms with E-state index in [9.17, 15) is 13.2 Å². The van der Waals surface area contributed by atoms with Crippen LogP contribution in [0.5, 0.6) is 5.75 Å². The van der Waals surface area contributed by atoms with Crippen molar-refractivity contribution >= 4 is 33.2 Å². The molecule has 0 radical (unpaired) electrons. The lowest BCUT2D eigenvalue weighted by Crippen LogP contribution is -2.30. The summed E-state index contributed by atoms with van der Waals surface area (Å²) >= 11 is 6.04. The molecular formula is C20H23ClN2O4S. The zero-order valence-corrected chi connectivity index (χ0v) is 17.4. The van der Waals surface area contributed by atoms with Gasteiger partial charge in [0.05, 0.1) is 25.0 Å². The Balaban J connectivity index is 1.90. The number of aryl methyl sites for hydroxylation is 1. The lowest BCUT2D eigenvalue weighted by atomic mass is 10.2. The van der Waals surface area contributed by atoms with Crippen LogP contribution in [0.1, 0.15) is 15.9 Å². The zero-order valence-electron chi connectivity index (χ0n) is 15.8. The summed E-state index contributed by atoms with van der Waals surface area (Å²) in [5, 5.41) is 3.38. The highest BCUT2D eigenvalue weighted by Gasteiger charge is 2.16. The van der Waals surface area contributed by atoms with E-state index >= 15 is 0 Å². The van der Waals surface area contributed by atoms with Crippen molar-refractivity contribution in [2.24, 2.45) is 0 Å². The number of carbonyl (C=O) groups is 1. The standard InChI is InChI=1S/C20H23ClN2O4S/c1-4-12-23(28(3,25)26)17-8-6-16(7-9-17)20(24)22-11-13-27-18-10-5-15(2)19(21)14-18/h4-10,14H,1,11-13H2,2-3H3,(H,22,24). The van der Waals surface area contributed by atoms with Gasteiger partial charge in [0.2, 0.25) is 10.0 Å². The second-order valence-electron chi connectivity index (χ2n) is 6.14. The summed E-state index contributed by atoms with van der Waals surface area (Å²) in [6.07, 6.45) is 2.63. The Bertz CT molecular complexity index is 943. The number of nitrogens with one attached hydrogen (secondary N) is 1. The lowest BCUT2D eigenvalue weighted by molar-refractivity contribution is 0.0947. The van der Waals surface area contributed by atoms with E-state index in [1.807, 2.05) is 19.1 Å². The van der Waals surface area contributed by atoms with Crippen molar-refractivity contribution in [3.05, 3.63) is 71.3 Å². The Kier molecular flexibility index (Phi) is 7.48. The first-order chi connectivity index (χ1) is 13.2. The molecule has 2 aromatic carbocycles. The molecule has 1 N–H and O–H groups in total. The number of hydrogen-bond acceptors (Lipinski definition) is 4. The van der Waals surface area contributed by atoms with Crippen molar-refractivity contribution in [3.63, 3.8) is 0 Å². The van der Waals surface area contributed by atoms with Crippen molar-refractivity contribution in [1.29, 1.82) is 0 Å². The summed E-state index contributed by atoms with van der Waals surface area (Å²) in [6, 6.07) is 11.7. The minimum absolute atomic E-state index is 0.157. The third-order valence-corrected chi connectivity index (χ3v) is 5.48. The molecule has 0 saturated heterocycles. The Labute approximate surface area is 170 Å². The Morgan fingerprint density at radius 1 is 1.25 bits per heavy atom. The van der Waals surface area contributed by atoms with E-state index < -0.39 is 10.0 Å². The first-order valence-electron chi connectivity index (χ1n) is 8.58. The Hall–Kier alpha value is -2.51. The van der Waals surface area contributed by atoms with Crippen LogP contribution >= 0.6 is 11.6 Å². The minimum Gasteiger partial charge on any atom is -0.492 e. The molecule has 1 amide bonds. The van der Waals surface area contributed by atoms with E-state index in [1.165, 1.54) is 10.4 Å². The smallest absolute Gasteiger partial charge is 0.251 e. The average molecular weight is 423 g/mol. The summed E-state index contributed by atoms with van der Waals surface area (Å²) in [5.41, 5.74) is 1.86. The fourth-order valence-electron chi connectivity index (χ4n) is 2.43. The lowest BCUT2D eigenvalue weighted by Gasteiger charge is -2.20. The molecule has 0 heterocycles. The van der Waals surface area contributed by atoms with Gasteiger partial charge in [-0.2, -0.15) is 0 Å². The van der Waals surface area contributed by atoms with Gasteiger partial charge in [-0.25, -0.2) is 8.42 Å². The third kappa shape index (κ3) is 6.00. The van der Waals surface area contributed by atoms with Gasteiger partial charge in [0, 0.05) is 10.6 Å². The van der Waals surface area contributed by atoms with Crippen LogP contribution < -0.4 is 14.4 Å². The molecule has 0 unspecified atom stereocenters. The molecule has 0 spiro atoms. The summed E-state index contributed by atoms with van der Waals surface area (Å²) < 4.78 is 30.5. The number of benzene rings is 2. The van der Waals surface area contributed by atoms with Gasteiger partial charge in [-0.15, -0.1) is 6.58 Å². The van der Waals surface area contributed by atoms with E-state index in [2.05, 4.69) is 11.9 Å². The van der Waals surface area contributed by atoms with E-state index in [4.69, 9.17) is 16.3 Å². The van der Waals surface area contributed by atoms with Crippen LogP contribution in [0.2, 0.25) is 5.02 Å². The van der Waals surface area contributed by atoms with Gasteiger partial charge in [0.1, 0.15) is 12.4 Å². The van der Waals surface area contributed by atoms with E-state index in [0.717, 1.165) is 11.8 Å². The molecule has 0 aliphatic rings. The predicted molar refractivity (Wildman–Crippen MR) is 113 cm³/mol. The molecule has 150 valence electrons. The summed E-state index contributed by atoms with van der Waals surface area (Å²) in [7, 11) is -3.43. The van der Waals surface area contributed by atoms with Crippen molar-refractivity contribution in [2.75, 3.05) is 30.3 Å². The normalized spacial score (nSPS) is 11.0. The van der Waals surface area contributed by atoms with Crippen LogP contribution in [0.15, 0.2) is 55.1 Å². The second-order valence-corrected chi connectivity index (χ2v) is 8.46. The van der Waals surface area contributed by atoms with E-state index in [0.29, 0.717) is 35.2 Å². The van der Waals surface area contributed by atoms with Crippen LogP contribution in [0.3, 0.4) is 0 Å². The topological polar surface area (TPSA) is 75.7 Å². The van der Waals surface area contributed by atoms with Crippen LogP contribution in [0, 0.1) is 6.92 Å². The molecule has 0 aromatic heterocycles. The molecule has 0 aliphatic carbocycles. The molecule has 8 heteroatoms. The van der Waals surface area contributed by atoms with Gasteiger partial charge in [-0.1, -0.05) is 23.7 Å². The highest BCUT2D eigenvalue weighted by Crippen LogP contribution is 2.21. The molecule has 0 saturated carbocycles. The summed E-state index contributed by atoms with van der Waals surface area (Å²) in [4.78, 5) is 12.2. The van der Waals surface area contributed by atoms with Gasteiger partial charge in [-0.05, 0) is 48.9 Å². The molecule has 2 rings (SSSR count). The number of hydrogen-bond donors (Lipinski definition) is 1. The SMILES string of the molecule is C=CCN(c1ccc(C(=O)NCCOc2ccc(C)c(Cl)c2)cc1)S(C)(=O)=O. The van der Waals surface area contributed by atoms with Crippen LogP contribution in [0.4, 0.5) is 5.69 Å². The van der Waals surface area contributed by atoms with Crippen LogP contribution in [-0.4, -0.2) is 40.3 Å². The second kappa shape index (κ2) is 9.61. The van der Waals surface area contributed by atoms with Gasteiger partial charge < -0.3 is 10.1 Å². The van der Waals surface area contributed by atoms with Crippen molar-refractivity contribution in [2.45, 2.75) is 6.92 Å². The number of amides is 1. The average Bonchev–Trinajstić information content (AvgIpc) is 2.65. The maximum atomic E-state index is 12.2. The predicted octanol–water partition coefficient (Wildman–Crippen LogP) is 3.41. The fourth-order valence-corrected chi connectivity index (χ4v) is 3.48. The summed E-state index contributed by atoms with van der Waals surface area (Å²) in [5.74, 6) is 0.365. The molecule has 6 nitrogen and oxygen atoms in total. The quantitative estimate of drug-likeness (QED) is 0.496. The van der Waals surface area contributed by atoms with E-state index in [-0.39, 0.29) is 12.5 Å². The largest absolute Gasteiger partial charge is 0.492 e. The van der Waals surface area contributed by atoms with Gasteiger partial charge in [0.25, 0.3) is 5.91 Å². The van der Waals surface area contributed by atoms with Crippen molar-refractivity contribution in [3.8, 4) is 5.75 Å². The number of nitrogens with zero attached hydrogens (tertiary/aromatic N) is 1. The van der Waals surface area contributed by atoms with Gasteiger partial charge in [0.15, 0.2) is 0 Å². The summed E-state index contributed by atoms with van der Waals surface area (Å²) in [6.45, 7) is 6.25. The molecule has 28 heavy (non-hydrogen) atoms.